The van der Waals surface area contributed by atoms with E-state index < -0.39 is 29.7 Å². The smallest absolute Gasteiger partial charge is 0.416 e. The summed E-state index contributed by atoms with van der Waals surface area (Å²) in [6, 6.07) is 6.33. The predicted octanol–water partition coefficient (Wildman–Crippen LogP) is 3.28. The highest BCUT2D eigenvalue weighted by Gasteiger charge is 2.35. The minimum Gasteiger partial charge on any atom is -0.484 e. The predicted molar refractivity (Wildman–Crippen MR) is 92.7 cm³/mol. The van der Waals surface area contributed by atoms with Crippen molar-refractivity contribution in [3.8, 4) is 5.75 Å². The van der Waals surface area contributed by atoms with Crippen molar-refractivity contribution in [1.29, 1.82) is 0 Å². The van der Waals surface area contributed by atoms with Crippen LogP contribution in [0.25, 0.3) is 0 Å². The second kappa shape index (κ2) is 8.15. The fourth-order valence-electron chi connectivity index (χ4n) is 2.56. The number of H-pyrrole nitrogens is 1. The van der Waals surface area contributed by atoms with E-state index in [1.165, 1.54) is 38.2 Å². The van der Waals surface area contributed by atoms with Crippen molar-refractivity contribution < 1.29 is 27.5 Å². The highest BCUT2D eigenvalue weighted by molar-refractivity contribution is 5.99. The molecule has 0 saturated carbocycles. The highest BCUT2D eigenvalue weighted by atomic mass is 19.4. The number of alkyl halides is 3. The van der Waals surface area contributed by atoms with Gasteiger partial charge in [0, 0.05) is 25.2 Å². The molecule has 0 spiro atoms. The van der Waals surface area contributed by atoms with Crippen LogP contribution in [0.4, 0.5) is 13.2 Å². The number of ether oxygens (including phenoxy) is 1. The van der Waals surface area contributed by atoms with Crippen LogP contribution in [0, 0.1) is 0 Å². The lowest BCUT2D eigenvalue weighted by molar-refractivity contribution is -0.139. The zero-order chi connectivity index (χ0) is 20.2. The van der Waals surface area contributed by atoms with Crippen molar-refractivity contribution in [2.75, 3.05) is 13.6 Å². The molecule has 3 N–H and O–H groups in total. The number of carbonyl (C=O) groups excluding carboxylic acids is 2. The van der Waals surface area contributed by atoms with Gasteiger partial charge in [0.25, 0.3) is 11.8 Å². The van der Waals surface area contributed by atoms with Crippen molar-refractivity contribution in [2.45, 2.75) is 26.1 Å². The molecule has 2 rings (SSSR count). The maximum atomic E-state index is 13.2. The van der Waals surface area contributed by atoms with Crippen LogP contribution in [-0.2, 0) is 6.18 Å². The number of amides is 2. The molecular weight excluding hydrogens is 363 g/mol. The third-order valence-electron chi connectivity index (χ3n) is 3.83. The zero-order valence-electron chi connectivity index (χ0n) is 15.0. The van der Waals surface area contributed by atoms with Crippen LogP contribution in [0.5, 0.6) is 5.75 Å². The average molecular weight is 383 g/mol. The van der Waals surface area contributed by atoms with Gasteiger partial charge in [0.05, 0.1) is 5.56 Å². The Morgan fingerprint density at radius 1 is 1.22 bits per heavy atom. The number of aromatic nitrogens is 1. The Bertz CT molecular complexity index is 831. The Balaban J connectivity index is 2.39. The normalized spacial score (nSPS) is 12.4. The molecule has 2 aromatic rings. The molecule has 1 atom stereocenters. The Labute approximate surface area is 154 Å². The van der Waals surface area contributed by atoms with Gasteiger partial charge in [0.2, 0.25) is 0 Å². The maximum absolute atomic E-state index is 13.2. The van der Waals surface area contributed by atoms with E-state index in [4.69, 9.17) is 4.74 Å². The molecule has 6 nitrogen and oxygen atoms in total. The summed E-state index contributed by atoms with van der Waals surface area (Å²) in [6.45, 7) is 3.55. The molecule has 0 radical (unpaired) electrons. The number of nitrogens with one attached hydrogen (secondary N) is 3. The van der Waals surface area contributed by atoms with E-state index in [1.807, 2.05) is 0 Å². The standard InChI is InChI=1S/C18H20F3N3O3/c1-4-23-16(25)13-9-14(15(24-13)17(26)22-3)27-10(2)11-7-5-6-8-12(11)18(19,20)21/h5-10,24H,4H2,1-3H3,(H,22,26)(H,23,25)/t10-/m1/s1. The van der Waals surface area contributed by atoms with E-state index >= 15 is 0 Å². The minimum absolute atomic E-state index is 0.0138. The topological polar surface area (TPSA) is 83.2 Å². The van der Waals surface area contributed by atoms with Crippen LogP contribution in [-0.4, -0.2) is 30.4 Å². The summed E-state index contributed by atoms with van der Waals surface area (Å²) in [5.41, 5.74) is -0.871. The van der Waals surface area contributed by atoms with Crippen LogP contribution < -0.4 is 15.4 Å². The number of benzene rings is 1. The SMILES string of the molecule is CCNC(=O)c1cc(O[C@H](C)c2ccccc2C(F)(F)F)c(C(=O)NC)[nH]1. The van der Waals surface area contributed by atoms with Crippen LogP contribution in [0.2, 0.25) is 0 Å². The first-order valence-corrected chi connectivity index (χ1v) is 8.25. The van der Waals surface area contributed by atoms with E-state index in [0.29, 0.717) is 6.54 Å². The summed E-state index contributed by atoms with van der Waals surface area (Å²) < 4.78 is 45.3. The maximum Gasteiger partial charge on any atom is 0.416 e. The van der Waals surface area contributed by atoms with E-state index in [2.05, 4.69) is 15.6 Å². The molecule has 146 valence electrons. The zero-order valence-corrected chi connectivity index (χ0v) is 15.0. The highest BCUT2D eigenvalue weighted by Crippen LogP contribution is 2.36. The van der Waals surface area contributed by atoms with Crippen LogP contribution in [0.1, 0.15) is 52.1 Å². The van der Waals surface area contributed by atoms with Crippen molar-refractivity contribution >= 4 is 11.8 Å². The molecule has 1 aromatic heterocycles. The Morgan fingerprint density at radius 2 is 1.89 bits per heavy atom. The lowest BCUT2D eigenvalue weighted by Gasteiger charge is -2.19. The van der Waals surface area contributed by atoms with Crippen molar-refractivity contribution in [3.05, 3.63) is 52.8 Å². The molecular formula is C18H20F3N3O3. The summed E-state index contributed by atoms with van der Waals surface area (Å²) in [4.78, 5) is 26.7. The molecule has 0 aliphatic rings. The summed E-state index contributed by atoms with van der Waals surface area (Å²) in [6.07, 6.45) is -5.55. The van der Waals surface area contributed by atoms with Crippen molar-refractivity contribution in [2.24, 2.45) is 0 Å². The van der Waals surface area contributed by atoms with Gasteiger partial charge in [-0.2, -0.15) is 13.2 Å². The number of hydrogen-bond donors (Lipinski definition) is 3. The van der Waals surface area contributed by atoms with Crippen molar-refractivity contribution in [3.63, 3.8) is 0 Å². The fourth-order valence-corrected chi connectivity index (χ4v) is 2.56. The molecule has 1 aromatic carbocycles. The number of halogens is 3. The molecule has 0 aliphatic heterocycles. The molecule has 0 bridgehead atoms. The van der Waals surface area contributed by atoms with E-state index in [1.54, 1.807) is 6.92 Å². The van der Waals surface area contributed by atoms with Gasteiger partial charge in [0.1, 0.15) is 17.5 Å². The lowest BCUT2D eigenvalue weighted by Crippen LogP contribution is -2.23. The summed E-state index contributed by atoms with van der Waals surface area (Å²) >= 11 is 0. The minimum atomic E-state index is -4.54. The van der Waals surface area contributed by atoms with Gasteiger partial charge >= 0.3 is 6.18 Å². The molecule has 0 unspecified atom stereocenters. The quantitative estimate of drug-likeness (QED) is 0.716. The van der Waals surface area contributed by atoms with Gasteiger partial charge in [-0.15, -0.1) is 0 Å². The molecule has 9 heteroatoms. The molecule has 0 saturated heterocycles. The van der Waals surface area contributed by atoms with Gasteiger partial charge in [0.15, 0.2) is 5.75 Å². The fraction of sp³-hybridized carbons (Fsp3) is 0.333. The Kier molecular flexibility index (Phi) is 6.14. The molecule has 27 heavy (non-hydrogen) atoms. The van der Waals surface area contributed by atoms with E-state index in [0.717, 1.165) is 6.07 Å². The summed E-state index contributed by atoms with van der Waals surface area (Å²) in [5, 5.41) is 4.96. The molecule has 0 fully saturated rings. The van der Waals surface area contributed by atoms with Gasteiger partial charge in [-0.05, 0) is 19.9 Å². The number of rotatable bonds is 6. The second-order valence-electron chi connectivity index (χ2n) is 5.71. The van der Waals surface area contributed by atoms with Gasteiger partial charge in [-0.25, -0.2) is 0 Å². The summed E-state index contributed by atoms with van der Waals surface area (Å²) in [7, 11) is 1.39. The van der Waals surface area contributed by atoms with Crippen molar-refractivity contribution in [1.82, 2.24) is 15.6 Å². The van der Waals surface area contributed by atoms with Gasteiger partial charge in [-0.3, -0.25) is 9.59 Å². The third-order valence-corrected chi connectivity index (χ3v) is 3.83. The number of hydrogen-bond acceptors (Lipinski definition) is 3. The first kappa shape index (κ1) is 20.3. The van der Waals surface area contributed by atoms with Gasteiger partial charge in [-0.1, -0.05) is 18.2 Å². The number of aromatic amines is 1. The van der Waals surface area contributed by atoms with Crippen LogP contribution >= 0.6 is 0 Å². The monoisotopic (exact) mass is 383 g/mol. The average Bonchev–Trinajstić information content (AvgIpc) is 3.04. The largest absolute Gasteiger partial charge is 0.484 e. The lowest BCUT2D eigenvalue weighted by atomic mass is 10.0. The van der Waals surface area contributed by atoms with Gasteiger partial charge < -0.3 is 20.4 Å². The molecule has 2 amide bonds. The molecule has 0 aliphatic carbocycles. The second-order valence-corrected chi connectivity index (χ2v) is 5.71. The van der Waals surface area contributed by atoms with E-state index in [9.17, 15) is 22.8 Å². The first-order valence-electron chi connectivity index (χ1n) is 8.25. The third kappa shape index (κ3) is 4.60. The first-order chi connectivity index (χ1) is 12.7. The Hall–Kier alpha value is -2.97. The Morgan fingerprint density at radius 3 is 2.48 bits per heavy atom. The summed E-state index contributed by atoms with van der Waals surface area (Å²) in [5.74, 6) is -1.03. The van der Waals surface area contributed by atoms with Crippen LogP contribution in [0.15, 0.2) is 30.3 Å². The molecule has 1 heterocycles. The number of carbonyl (C=O) groups is 2. The van der Waals surface area contributed by atoms with Crippen LogP contribution in [0.3, 0.4) is 0 Å². The van der Waals surface area contributed by atoms with E-state index in [-0.39, 0.29) is 22.7 Å².